The van der Waals surface area contributed by atoms with Gasteiger partial charge in [-0.3, -0.25) is 10.3 Å². The Bertz CT molecular complexity index is 398. The number of ether oxygens (including phenoxy) is 2. The summed E-state index contributed by atoms with van der Waals surface area (Å²) < 4.78 is 10.9. The molecule has 0 radical (unpaired) electrons. The normalized spacial score (nSPS) is 27.0. The van der Waals surface area contributed by atoms with Crippen LogP contribution < -0.4 is 11.1 Å². The standard InChI is InChI=1S/C11H19N5O2/c1-14-9(12)8-10(13)16(11(15-8)17-2)7-5-3-4-6-18-7/h7,13-14H,3-6,12H2,1-2H3/b9-8+,13-10?. The lowest BCUT2D eigenvalue weighted by atomic mass is 10.1. The summed E-state index contributed by atoms with van der Waals surface area (Å²) in [6.07, 6.45) is 2.80. The van der Waals surface area contributed by atoms with Crippen LogP contribution in [0.3, 0.4) is 0 Å². The van der Waals surface area contributed by atoms with Crippen molar-refractivity contribution in [1.29, 1.82) is 5.41 Å². The van der Waals surface area contributed by atoms with Crippen molar-refractivity contribution in [3.8, 4) is 0 Å². The topological polar surface area (TPSA) is 96.0 Å². The van der Waals surface area contributed by atoms with Crippen LogP contribution in [-0.4, -0.2) is 43.7 Å². The fraction of sp³-hybridized carbons (Fsp3) is 0.636. The molecular weight excluding hydrogens is 234 g/mol. The molecule has 100 valence electrons. The first-order valence-electron chi connectivity index (χ1n) is 5.99. The third-order valence-corrected chi connectivity index (χ3v) is 3.03. The zero-order valence-corrected chi connectivity index (χ0v) is 10.7. The zero-order chi connectivity index (χ0) is 13.1. The van der Waals surface area contributed by atoms with E-state index in [4.69, 9.17) is 20.6 Å². The first-order chi connectivity index (χ1) is 8.69. The van der Waals surface area contributed by atoms with Gasteiger partial charge in [0.1, 0.15) is 12.0 Å². The fourth-order valence-electron chi connectivity index (χ4n) is 2.06. The maximum atomic E-state index is 8.14. The van der Waals surface area contributed by atoms with E-state index >= 15 is 0 Å². The van der Waals surface area contributed by atoms with E-state index in [1.165, 1.54) is 7.11 Å². The Hall–Kier alpha value is -1.76. The van der Waals surface area contributed by atoms with Gasteiger partial charge in [0.15, 0.2) is 11.5 Å². The van der Waals surface area contributed by atoms with Gasteiger partial charge in [-0.25, -0.2) is 0 Å². The van der Waals surface area contributed by atoms with Crippen LogP contribution in [-0.2, 0) is 9.47 Å². The number of nitrogens with zero attached hydrogens (tertiary/aromatic N) is 2. The summed E-state index contributed by atoms with van der Waals surface area (Å²) in [7, 11) is 3.22. The molecule has 1 atom stereocenters. The van der Waals surface area contributed by atoms with Crippen molar-refractivity contribution in [3.63, 3.8) is 0 Å². The number of rotatable bonds is 2. The molecule has 0 bridgehead atoms. The van der Waals surface area contributed by atoms with E-state index in [2.05, 4.69) is 10.3 Å². The molecule has 7 heteroatoms. The van der Waals surface area contributed by atoms with E-state index < -0.39 is 0 Å². The van der Waals surface area contributed by atoms with E-state index in [1.54, 1.807) is 11.9 Å². The highest BCUT2D eigenvalue weighted by Gasteiger charge is 2.36. The van der Waals surface area contributed by atoms with Crippen LogP contribution in [0.2, 0.25) is 0 Å². The van der Waals surface area contributed by atoms with Gasteiger partial charge in [-0.15, -0.1) is 0 Å². The molecule has 2 aliphatic rings. The first kappa shape index (κ1) is 12.7. The molecule has 2 aliphatic heterocycles. The summed E-state index contributed by atoms with van der Waals surface area (Å²) in [4.78, 5) is 5.87. The predicted octanol–water partition coefficient (Wildman–Crippen LogP) is 0.155. The van der Waals surface area contributed by atoms with Crippen LogP contribution in [0.15, 0.2) is 16.5 Å². The molecule has 4 N–H and O–H groups in total. The van der Waals surface area contributed by atoms with Gasteiger partial charge >= 0.3 is 6.02 Å². The number of nitrogens with one attached hydrogen (secondary N) is 2. The number of methoxy groups -OCH3 is 1. The first-order valence-corrected chi connectivity index (χ1v) is 5.99. The van der Waals surface area contributed by atoms with Gasteiger partial charge in [0.25, 0.3) is 0 Å². The average molecular weight is 253 g/mol. The predicted molar refractivity (Wildman–Crippen MR) is 67.9 cm³/mol. The Kier molecular flexibility index (Phi) is 3.71. The molecule has 0 aliphatic carbocycles. The van der Waals surface area contributed by atoms with Gasteiger partial charge in [-0.2, -0.15) is 4.99 Å². The van der Waals surface area contributed by atoms with Crippen molar-refractivity contribution >= 4 is 11.9 Å². The molecule has 7 nitrogen and oxygen atoms in total. The van der Waals surface area contributed by atoms with Crippen LogP contribution in [0.25, 0.3) is 0 Å². The minimum Gasteiger partial charge on any atom is -0.468 e. The highest BCUT2D eigenvalue weighted by molar-refractivity contribution is 6.11. The Labute approximate surface area is 106 Å². The van der Waals surface area contributed by atoms with Crippen LogP contribution in [0.5, 0.6) is 0 Å². The minimum atomic E-state index is -0.188. The highest BCUT2D eigenvalue weighted by Crippen LogP contribution is 2.25. The van der Waals surface area contributed by atoms with Crippen molar-refractivity contribution in [2.45, 2.75) is 25.5 Å². The summed E-state index contributed by atoms with van der Waals surface area (Å²) in [5, 5.41) is 10.9. The lowest BCUT2D eigenvalue weighted by Crippen LogP contribution is -2.45. The van der Waals surface area contributed by atoms with Gasteiger partial charge in [0.05, 0.1) is 7.11 Å². The number of nitrogens with two attached hydrogens (primary N) is 1. The molecule has 2 rings (SSSR count). The quantitative estimate of drug-likeness (QED) is 0.651. The second-order valence-corrected chi connectivity index (χ2v) is 4.15. The van der Waals surface area contributed by atoms with Crippen LogP contribution >= 0.6 is 0 Å². The summed E-state index contributed by atoms with van der Waals surface area (Å²) >= 11 is 0. The van der Waals surface area contributed by atoms with Crippen molar-refractivity contribution in [3.05, 3.63) is 11.5 Å². The Morgan fingerprint density at radius 3 is 2.94 bits per heavy atom. The molecule has 1 unspecified atom stereocenters. The van der Waals surface area contributed by atoms with Crippen molar-refractivity contribution in [2.75, 3.05) is 20.8 Å². The van der Waals surface area contributed by atoms with Crippen LogP contribution in [0.1, 0.15) is 19.3 Å². The van der Waals surface area contributed by atoms with Gasteiger partial charge in [-0.05, 0) is 19.3 Å². The Morgan fingerprint density at radius 1 is 1.61 bits per heavy atom. The molecule has 0 spiro atoms. The highest BCUT2D eigenvalue weighted by atomic mass is 16.5. The molecule has 2 heterocycles. The van der Waals surface area contributed by atoms with Crippen LogP contribution in [0, 0.1) is 5.41 Å². The largest absolute Gasteiger partial charge is 0.468 e. The molecule has 18 heavy (non-hydrogen) atoms. The molecule has 0 aromatic carbocycles. The second-order valence-electron chi connectivity index (χ2n) is 4.15. The van der Waals surface area contributed by atoms with Gasteiger partial charge < -0.3 is 20.5 Å². The lowest BCUT2D eigenvalue weighted by molar-refractivity contribution is -0.0377. The molecule has 1 fully saturated rings. The molecular formula is C11H19N5O2. The minimum absolute atomic E-state index is 0.188. The average Bonchev–Trinajstić information content (AvgIpc) is 2.75. The van der Waals surface area contributed by atoms with Crippen molar-refractivity contribution in [1.82, 2.24) is 10.2 Å². The number of hydrogen-bond donors (Lipinski definition) is 3. The third-order valence-electron chi connectivity index (χ3n) is 3.03. The second kappa shape index (κ2) is 5.26. The van der Waals surface area contributed by atoms with E-state index in [0.29, 0.717) is 24.1 Å². The summed E-state index contributed by atoms with van der Waals surface area (Å²) in [5.41, 5.74) is 6.17. The molecule has 0 aromatic heterocycles. The maximum Gasteiger partial charge on any atom is 0.300 e. The number of hydrogen-bond acceptors (Lipinski definition) is 6. The van der Waals surface area contributed by atoms with E-state index in [-0.39, 0.29) is 12.1 Å². The summed E-state index contributed by atoms with van der Waals surface area (Å²) in [5.74, 6) is 0.568. The summed E-state index contributed by atoms with van der Waals surface area (Å²) in [6, 6.07) is 0.361. The van der Waals surface area contributed by atoms with E-state index in [1.807, 2.05) is 0 Å². The SMILES string of the molecule is CN/C(N)=C1/N=C(OC)N(C2CCCCO2)C1=N. The lowest BCUT2D eigenvalue weighted by Gasteiger charge is -2.31. The fourth-order valence-corrected chi connectivity index (χ4v) is 2.06. The molecule has 0 aromatic rings. The smallest absolute Gasteiger partial charge is 0.300 e. The Morgan fingerprint density at radius 2 is 2.39 bits per heavy atom. The maximum absolute atomic E-state index is 8.14. The third kappa shape index (κ3) is 2.13. The number of aliphatic imine (C=N–C) groups is 1. The van der Waals surface area contributed by atoms with Gasteiger partial charge in [0, 0.05) is 13.7 Å². The van der Waals surface area contributed by atoms with E-state index in [9.17, 15) is 0 Å². The number of amidine groups is 2. The molecule has 0 amide bonds. The van der Waals surface area contributed by atoms with Crippen LogP contribution in [0.4, 0.5) is 0 Å². The van der Waals surface area contributed by atoms with Gasteiger partial charge in [-0.1, -0.05) is 0 Å². The Balaban J connectivity index is 2.26. The molecule has 1 saturated heterocycles. The van der Waals surface area contributed by atoms with Crippen molar-refractivity contribution < 1.29 is 9.47 Å². The monoisotopic (exact) mass is 253 g/mol. The van der Waals surface area contributed by atoms with Crippen molar-refractivity contribution in [2.24, 2.45) is 10.7 Å². The van der Waals surface area contributed by atoms with Gasteiger partial charge in [0.2, 0.25) is 0 Å². The zero-order valence-electron chi connectivity index (χ0n) is 10.7. The summed E-state index contributed by atoms with van der Waals surface area (Å²) in [6.45, 7) is 0.700. The van der Waals surface area contributed by atoms with E-state index in [0.717, 1.165) is 19.3 Å². The molecule has 0 saturated carbocycles.